The number of rotatable bonds is 37. The maximum atomic E-state index is 12.6. The van der Waals surface area contributed by atoms with Crippen molar-refractivity contribution in [2.45, 2.75) is 135 Å². The summed E-state index contributed by atoms with van der Waals surface area (Å²) in [6, 6.07) is 0. The topological polar surface area (TPSA) is 131 Å². The first-order chi connectivity index (χ1) is 28.4. The van der Waals surface area contributed by atoms with Crippen LogP contribution in [0.15, 0.2) is 109 Å². The highest BCUT2D eigenvalue weighted by atomic mass is 31.2. The molecule has 0 radical (unpaired) electrons. The van der Waals surface area contributed by atoms with Crippen molar-refractivity contribution in [2.24, 2.45) is 0 Å². The van der Waals surface area contributed by atoms with E-state index in [4.69, 9.17) is 18.5 Å². The van der Waals surface area contributed by atoms with Gasteiger partial charge in [0, 0.05) is 12.8 Å². The van der Waals surface area contributed by atoms with Gasteiger partial charge in [0.25, 0.3) is 7.82 Å². The summed E-state index contributed by atoms with van der Waals surface area (Å²) in [4.78, 5) is 37.5. The smallest absolute Gasteiger partial charge is 0.306 e. The molecule has 59 heavy (non-hydrogen) atoms. The molecule has 0 bridgehead atoms. The molecule has 0 aromatic rings. The summed E-state index contributed by atoms with van der Waals surface area (Å²) in [7, 11) is 1.04. The fourth-order valence-electron chi connectivity index (χ4n) is 4.94. The minimum atomic E-state index is -4.68. The number of aliphatic hydroxyl groups excluding tert-OH is 1. The van der Waals surface area contributed by atoms with Gasteiger partial charge in [-0.25, -0.2) is 0 Å². The molecular weight excluding hydrogens is 766 g/mol. The van der Waals surface area contributed by atoms with Gasteiger partial charge in [-0.1, -0.05) is 136 Å². The van der Waals surface area contributed by atoms with Crippen LogP contribution in [0, 0.1) is 0 Å². The average molecular weight is 844 g/mol. The van der Waals surface area contributed by atoms with E-state index in [9.17, 15) is 24.2 Å². The second-order valence-corrected chi connectivity index (χ2v) is 16.6. The van der Waals surface area contributed by atoms with Crippen LogP contribution in [0.2, 0.25) is 0 Å². The Morgan fingerprint density at radius 2 is 1.17 bits per heavy atom. The lowest BCUT2D eigenvalue weighted by molar-refractivity contribution is -0.870. The number of unbranched alkanes of at least 4 members (excludes halogenated alkanes) is 5. The summed E-state index contributed by atoms with van der Waals surface area (Å²) in [6.45, 7) is 3.82. The van der Waals surface area contributed by atoms with E-state index in [2.05, 4.69) is 68.5 Å². The number of carbonyl (C=O) groups is 2. The van der Waals surface area contributed by atoms with Gasteiger partial charge < -0.3 is 33.0 Å². The first-order valence-corrected chi connectivity index (χ1v) is 23.2. The number of phosphoric acid groups is 1. The number of phosphoric ester groups is 1. The minimum Gasteiger partial charge on any atom is -0.756 e. The van der Waals surface area contributed by atoms with Crippen LogP contribution >= 0.6 is 7.82 Å². The van der Waals surface area contributed by atoms with Gasteiger partial charge >= 0.3 is 11.9 Å². The molecule has 0 amide bonds. The minimum absolute atomic E-state index is 0.0671. The maximum absolute atomic E-state index is 12.6. The van der Waals surface area contributed by atoms with Crippen molar-refractivity contribution in [2.75, 3.05) is 47.5 Å². The highest BCUT2D eigenvalue weighted by Gasteiger charge is 2.21. The number of likely N-dealkylation sites (N-methyl/N-ethyl adjacent to an activating group) is 1. The quantitative estimate of drug-likeness (QED) is 0.0162. The summed E-state index contributed by atoms with van der Waals surface area (Å²) in [6.07, 6.45) is 48.7. The van der Waals surface area contributed by atoms with Crippen molar-refractivity contribution < 1.29 is 47.2 Å². The fraction of sp³-hybridized carbons (Fsp3) is 0.583. The molecule has 0 aliphatic rings. The predicted molar refractivity (Wildman–Crippen MR) is 241 cm³/mol. The van der Waals surface area contributed by atoms with Gasteiger partial charge in [0.15, 0.2) is 6.10 Å². The first-order valence-electron chi connectivity index (χ1n) is 21.7. The molecular formula is C48H78NO9P. The van der Waals surface area contributed by atoms with Crippen molar-refractivity contribution in [1.82, 2.24) is 0 Å². The second-order valence-electron chi connectivity index (χ2n) is 15.2. The Bertz CT molecular complexity index is 1380. The zero-order valence-corrected chi connectivity index (χ0v) is 37.9. The third-order valence-electron chi connectivity index (χ3n) is 8.36. The largest absolute Gasteiger partial charge is 0.756 e. The molecule has 0 saturated carbocycles. The van der Waals surface area contributed by atoms with E-state index in [1.165, 1.54) is 19.3 Å². The number of quaternary nitrogens is 1. The number of ether oxygens (including phenoxy) is 2. The number of hydrogen-bond acceptors (Lipinski definition) is 9. The lowest BCUT2D eigenvalue weighted by Crippen LogP contribution is -2.37. The Morgan fingerprint density at radius 3 is 1.73 bits per heavy atom. The molecule has 334 valence electrons. The van der Waals surface area contributed by atoms with Crippen molar-refractivity contribution >= 4 is 19.8 Å². The fourth-order valence-corrected chi connectivity index (χ4v) is 5.67. The Kier molecular flexibility index (Phi) is 36.6. The molecule has 0 spiro atoms. The molecule has 0 fully saturated rings. The summed E-state index contributed by atoms with van der Waals surface area (Å²) >= 11 is 0. The number of esters is 2. The number of hydrogen-bond donors (Lipinski definition) is 1. The van der Waals surface area contributed by atoms with E-state index in [-0.39, 0.29) is 26.1 Å². The van der Waals surface area contributed by atoms with Crippen molar-refractivity contribution in [3.05, 3.63) is 109 Å². The number of nitrogens with zero attached hydrogens (tertiary/aromatic N) is 1. The van der Waals surface area contributed by atoms with Crippen LogP contribution in [0.3, 0.4) is 0 Å². The normalized spacial score (nSPS) is 15.2. The third-order valence-corrected chi connectivity index (χ3v) is 9.32. The molecule has 11 heteroatoms. The van der Waals surface area contributed by atoms with E-state index >= 15 is 0 Å². The molecule has 0 rings (SSSR count). The molecule has 0 aliphatic heterocycles. The van der Waals surface area contributed by atoms with Crippen LogP contribution in [0.4, 0.5) is 0 Å². The van der Waals surface area contributed by atoms with Crippen LogP contribution < -0.4 is 4.89 Å². The molecule has 0 heterocycles. The summed E-state index contributed by atoms with van der Waals surface area (Å²) in [5.74, 6) is -1.02. The highest BCUT2D eigenvalue weighted by Crippen LogP contribution is 2.38. The molecule has 0 saturated heterocycles. The lowest BCUT2D eigenvalue weighted by atomic mass is 10.2. The van der Waals surface area contributed by atoms with Crippen molar-refractivity contribution in [1.29, 1.82) is 0 Å². The van der Waals surface area contributed by atoms with Crippen LogP contribution in [-0.2, 0) is 32.7 Å². The second kappa shape index (κ2) is 38.8. The van der Waals surface area contributed by atoms with Gasteiger partial charge in [0.2, 0.25) is 0 Å². The van der Waals surface area contributed by atoms with Gasteiger partial charge in [-0.15, -0.1) is 0 Å². The van der Waals surface area contributed by atoms with Crippen LogP contribution in [0.1, 0.15) is 123 Å². The Labute approximate surface area is 358 Å². The molecule has 10 nitrogen and oxygen atoms in total. The number of allylic oxidation sites excluding steroid dienone is 16. The first kappa shape index (κ1) is 55.6. The standard InChI is InChI=1S/C48H78NO9P/c1-6-8-10-12-14-15-16-17-18-19-20-21-22-23-27-32-36-40-48(52)58-46(44-57-59(53,54)56-42-41-49(3,4)5)43-55-47(51)39-35-31-28-24-26-30-34-38-45(50)37-33-29-25-13-11-9-7-2/h8,10,14-15,17-18,20-21,23-25,27-30,33-34,37,45-46,50H,6-7,9,11-13,16,19,22,26,31-32,35-36,38-44H2,1-5H3/b10-8-,15-14-,18-17-,21-20-,27-23-,28-24+,29-25-,34-30-,37-33-/t45-,46-/m1/s1. The van der Waals surface area contributed by atoms with Gasteiger partial charge in [-0.05, 0) is 83.5 Å². The highest BCUT2D eigenvalue weighted by molar-refractivity contribution is 7.45. The van der Waals surface area contributed by atoms with Gasteiger partial charge in [0.1, 0.15) is 19.8 Å². The van der Waals surface area contributed by atoms with Crippen LogP contribution in [0.25, 0.3) is 0 Å². The number of aliphatic hydroxyl groups is 1. The molecule has 0 aliphatic carbocycles. The van der Waals surface area contributed by atoms with Gasteiger partial charge in [0.05, 0.1) is 33.9 Å². The summed E-state index contributed by atoms with van der Waals surface area (Å²) < 4.78 is 33.7. The average Bonchev–Trinajstić information content (AvgIpc) is 3.18. The van der Waals surface area contributed by atoms with E-state index in [1.54, 1.807) is 6.08 Å². The zero-order chi connectivity index (χ0) is 43.7. The third kappa shape index (κ3) is 42.6. The van der Waals surface area contributed by atoms with Crippen LogP contribution in [0.5, 0.6) is 0 Å². The van der Waals surface area contributed by atoms with E-state index in [1.807, 2.05) is 69.8 Å². The molecule has 3 atom stereocenters. The maximum Gasteiger partial charge on any atom is 0.306 e. The van der Waals surface area contributed by atoms with Gasteiger partial charge in [-0.3, -0.25) is 14.2 Å². The Hall–Kier alpha value is -3.37. The molecule has 1 N–H and O–H groups in total. The van der Waals surface area contributed by atoms with Crippen LogP contribution in [-0.4, -0.2) is 81.2 Å². The van der Waals surface area contributed by atoms with Crippen molar-refractivity contribution in [3.63, 3.8) is 0 Å². The SMILES string of the molecule is CC/C=C\C/C=C\C/C=C\C/C=C\C/C=C\CCCC(=O)O[C@H](COC(=O)CCC/C=C/C/C=C\C[C@H](O)/C=C\C=C/CCCCC)COP(=O)([O-])OCC[N+](C)(C)C. The number of carbonyl (C=O) groups excluding carboxylic acids is 2. The van der Waals surface area contributed by atoms with Crippen molar-refractivity contribution in [3.8, 4) is 0 Å². The van der Waals surface area contributed by atoms with E-state index < -0.39 is 38.6 Å². The zero-order valence-electron chi connectivity index (χ0n) is 37.0. The van der Waals surface area contributed by atoms with Gasteiger partial charge in [-0.2, -0.15) is 0 Å². The molecule has 0 aromatic carbocycles. The summed E-state index contributed by atoms with van der Waals surface area (Å²) in [5.41, 5.74) is 0. The van der Waals surface area contributed by atoms with E-state index in [0.29, 0.717) is 43.1 Å². The predicted octanol–water partition coefficient (Wildman–Crippen LogP) is 10.7. The lowest BCUT2D eigenvalue weighted by Gasteiger charge is -2.28. The Morgan fingerprint density at radius 1 is 0.644 bits per heavy atom. The monoisotopic (exact) mass is 844 g/mol. The Balaban J connectivity index is 4.64. The molecule has 1 unspecified atom stereocenters. The molecule has 0 aromatic heterocycles. The van der Waals surface area contributed by atoms with E-state index in [0.717, 1.165) is 44.9 Å². The summed E-state index contributed by atoms with van der Waals surface area (Å²) in [5, 5.41) is 10.1.